The standard InChI is InChI=1S/C24H34O7/c1-12-15-6-7-16-22(4)9-8-19(31-14(3)26)23(5,11-30-13(2)25)17(22)10-18(27)24(16,20(12)28)21(15)29/h15-19,21,27,29H,1,6-11H2,2-5H3. The van der Waals surface area contributed by atoms with E-state index in [0.29, 0.717) is 24.8 Å². The Morgan fingerprint density at radius 2 is 1.77 bits per heavy atom. The summed E-state index contributed by atoms with van der Waals surface area (Å²) in [6.07, 6.45) is 0.505. The highest BCUT2D eigenvalue weighted by Crippen LogP contribution is 2.71. The van der Waals surface area contributed by atoms with Gasteiger partial charge in [-0.05, 0) is 54.9 Å². The highest BCUT2D eigenvalue weighted by Gasteiger charge is 2.75. The van der Waals surface area contributed by atoms with Gasteiger partial charge in [-0.15, -0.1) is 0 Å². The Kier molecular flexibility index (Phi) is 5.17. The Balaban J connectivity index is 1.79. The van der Waals surface area contributed by atoms with Crippen LogP contribution in [0.1, 0.15) is 59.8 Å². The van der Waals surface area contributed by atoms with E-state index in [4.69, 9.17) is 9.47 Å². The molecule has 1 spiro atoms. The van der Waals surface area contributed by atoms with Crippen LogP contribution in [0.4, 0.5) is 0 Å². The largest absolute Gasteiger partial charge is 0.465 e. The molecule has 0 aromatic carbocycles. The number of aliphatic hydroxyl groups is 2. The van der Waals surface area contributed by atoms with E-state index in [2.05, 4.69) is 13.5 Å². The molecule has 0 aromatic rings. The summed E-state index contributed by atoms with van der Waals surface area (Å²) in [6.45, 7) is 10.8. The number of ketones is 1. The zero-order chi connectivity index (χ0) is 22.9. The van der Waals surface area contributed by atoms with Crippen LogP contribution in [0.2, 0.25) is 0 Å². The number of ether oxygens (including phenoxy) is 2. The van der Waals surface area contributed by atoms with Crippen LogP contribution in [0, 0.1) is 34.0 Å². The first kappa shape index (κ1) is 22.5. The van der Waals surface area contributed by atoms with E-state index in [0.717, 1.165) is 6.42 Å². The maximum atomic E-state index is 13.4. The smallest absolute Gasteiger partial charge is 0.302 e. The lowest BCUT2D eigenvalue weighted by Gasteiger charge is -2.66. The fraction of sp³-hybridized carbons (Fsp3) is 0.792. The van der Waals surface area contributed by atoms with E-state index in [9.17, 15) is 24.6 Å². The van der Waals surface area contributed by atoms with Crippen LogP contribution in [0.15, 0.2) is 12.2 Å². The number of hydrogen-bond donors (Lipinski definition) is 2. The van der Waals surface area contributed by atoms with Crippen molar-refractivity contribution < 1.29 is 34.1 Å². The van der Waals surface area contributed by atoms with E-state index in [1.807, 2.05) is 6.92 Å². The van der Waals surface area contributed by atoms with E-state index in [1.54, 1.807) is 0 Å². The van der Waals surface area contributed by atoms with Crippen molar-refractivity contribution in [3.8, 4) is 0 Å². The molecule has 0 aliphatic heterocycles. The summed E-state index contributed by atoms with van der Waals surface area (Å²) >= 11 is 0. The minimum atomic E-state index is -1.22. The second-order valence-corrected chi connectivity index (χ2v) is 10.7. The van der Waals surface area contributed by atoms with Gasteiger partial charge >= 0.3 is 11.9 Å². The molecule has 4 rings (SSSR count). The van der Waals surface area contributed by atoms with Crippen molar-refractivity contribution in [3.63, 3.8) is 0 Å². The van der Waals surface area contributed by atoms with E-state index >= 15 is 0 Å². The van der Waals surface area contributed by atoms with Gasteiger partial charge in [0.05, 0.1) is 17.6 Å². The molecule has 31 heavy (non-hydrogen) atoms. The van der Waals surface area contributed by atoms with Crippen LogP contribution >= 0.6 is 0 Å². The topological polar surface area (TPSA) is 110 Å². The predicted molar refractivity (Wildman–Crippen MR) is 111 cm³/mol. The Labute approximate surface area is 183 Å². The second kappa shape index (κ2) is 7.14. The van der Waals surface area contributed by atoms with Gasteiger partial charge in [0.15, 0.2) is 5.78 Å². The number of rotatable bonds is 3. The minimum absolute atomic E-state index is 0.0683. The van der Waals surface area contributed by atoms with Gasteiger partial charge in [-0.1, -0.05) is 20.4 Å². The molecule has 4 saturated carbocycles. The van der Waals surface area contributed by atoms with Gasteiger partial charge in [0.25, 0.3) is 0 Å². The summed E-state index contributed by atoms with van der Waals surface area (Å²) in [5.74, 6) is -1.67. The quantitative estimate of drug-likeness (QED) is 0.517. The number of fused-ring (bicyclic) bond motifs is 3. The van der Waals surface area contributed by atoms with Crippen molar-refractivity contribution in [3.05, 3.63) is 12.2 Å². The molecule has 4 aliphatic carbocycles. The molecule has 2 bridgehead atoms. The lowest BCUT2D eigenvalue weighted by Crippen LogP contribution is -2.69. The second-order valence-electron chi connectivity index (χ2n) is 10.7. The van der Waals surface area contributed by atoms with E-state index in [1.165, 1.54) is 13.8 Å². The van der Waals surface area contributed by atoms with Gasteiger partial charge in [0.2, 0.25) is 0 Å². The van der Waals surface area contributed by atoms with Gasteiger partial charge in [-0.3, -0.25) is 14.4 Å². The van der Waals surface area contributed by atoms with Gasteiger partial charge in [-0.25, -0.2) is 0 Å². The third-order valence-corrected chi connectivity index (χ3v) is 9.32. The van der Waals surface area contributed by atoms with Crippen molar-refractivity contribution in [2.75, 3.05) is 6.61 Å². The lowest BCUT2D eigenvalue weighted by molar-refractivity contribution is -0.251. The van der Waals surface area contributed by atoms with Crippen LogP contribution in [-0.2, 0) is 23.9 Å². The van der Waals surface area contributed by atoms with Crippen LogP contribution in [0.25, 0.3) is 0 Å². The Morgan fingerprint density at radius 3 is 2.39 bits per heavy atom. The molecule has 0 radical (unpaired) electrons. The van der Waals surface area contributed by atoms with Crippen LogP contribution in [0.3, 0.4) is 0 Å². The summed E-state index contributed by atoms with van der Waals surface area (Å²) in [5, 5.41) is 22.6. The number of aliphatic hydroxyl groups excluding tert-OH is 2. The van der Waals surface area contributed by atoms with Crippen LogP contribution in [0.5, 0.6) is 0 Å². The molecule has 0 heterocycles. The highest BCUT2D eigenvalue weighted by atomic mass is 16.6. The first-order valence-electron chi connectivity index (χ1n) is 11.3. The molecule has 172 valence electrons. The minimum Gasteiger partial charge on any atom is -0.465 e. The summed E-state index contributed by atoms with van der Waals surface area (Å²) in [7, 11) is 0. The third kappa shape index (κ3) is 2.81. The summed E-state index contributed by atoms with van der Waals surface area (Å²) in [5.41, 5.74) is -1.89. The van der Waals surface area contributed by atoms with Crippen LogP contribution < -0.4 is 0 Å². The Hall–Kier alpha value is -1.73. The monoisotopic (exact) mass is 434 g/mol. The highest BCUT2D eigenvalue weighted by molar-refractivity contribution is 6.04. The molecule has 0 saturated heterocycles. The van der Waals surface area contributed by atoms with Crippen molar-refractivity contribution in [1.29, 1.82) is 0 Å². The van der Waals surface area contributed by atoms with Crippen molar-refractivity contribution in [2.45, 2.75) is 78.1 Å². The van der Waals surface area contributed by atoms with Crippen molar-refractivity contribution in [1.82, 2.24) is 0 Å². The molecule has 9 unspecified atom stereocenters. The number of Topliss-reactive ketones (excluding diaryl/α,β-unsaturated/α-hetero) is 1. The van der Waals surface area contributed by atoms with Gasteiger partial charge in [0.1, 0.15) is 12.7 Å². The first-order valence-corrected chi connectivity index (χ1v) is 11.3. The van der Waals surface area contributed by atoms with E-state index < -0.39 is 46.5 Å². The molecule has 4 aliphatic rings. The zero-order valence-electron chi connectivity index (χ0n) is 18.8. The molecule has 0 aromatic heterocycles. The lowest BCUT2D eigenvalue weighted by atomic mass is 9.39. The van der Waals surface area contributed by atoms with Crippen LogP contribution in [-0.4, -0.2) is 52.9 Å². The Bertz CT molecular complexity index is 836. The molecular weight excluding hydrogens is 400 g/mol. The molecule has 9 atom stereocenters. The number of carbonyl (C=O) groups excluding carboxylic acids is 3. The maximum absolute atomic E-state index is 13.4. The summed E-state index contributed by atoms with van der Waals surface area (Å²) < 4.78 is 11.1. The predicted octanol–water partition coefficient (Wildman–Crippen LogP) is 2.18. The number of hydrogen-bond acceptors (Lipinski definition) is 7. The van der Waals surface area contributed by atoms with E-state index in [-0.39, 0.29) is 36.6 Å². The van der Waals surface area contributed by atoms with Crippen molar-refractivity contribution in [2.24, 2.45) is 34.0 Å². The molecular formula is C24H34O7. The average molecular weight is 435 g/mol. The summed E-state index contributed by atoms with van der Waals surface area (Å²) in [4.78, 5) is 36.9. The van der Waals surface area contributed by atoms with Gasteiger partial charge in [-0.2, -0.15) is 0 Å². The first-order chi connectivity index (χ1) is 14.4. The fourth-order valence-electron chi connectivity index (χ4n) is 7.98. The molecule has 0 amide bonds. The molecule has 7 heteroatoms. The molecule has 4 fully saturated rings. The molecule has 2 N–H and O–H groups in total. The van der Waals surface area contributed by atoms with Gasteiger partial charge in [0, 0.05) is 25.2 Å². The Morgan fingerprint density at radius 1 is 1.10 bits per heavy atom. The third-order valence-electron chi connectivity index (χ3n) is 9.32. The number of carbonyl (C=O) groups is 3. The van der Waals surface area contributed by atoms with Gasteiger partial charge < -0.3 is 19.7 Å². The number of esters is 2. The molecule has 7 nitrogen and oxygen atoms in total. The maximum Gasteiger partial charge on any atom is 0.302 e. The average Bonchev–Trinajstić information content (AvgIpc) is 2.80. The zero-order valence-corrected chi connectivity index (χ0v) is 18.8. The SMILES string of the molecule is C=C1C(=O)C23C(O)CC4C(C)(COC(C)=O)C(OC(C)=O)CCC4(C)C2CCC1C3O. The van der Waals surface area contributed by atoms with Crippen molar-refractivity contribution >= 4 is 17.7 Å². The summed E-state index contributed by atoms with van der Waals surface area (Å²) in [6, 6.07) is 0. The normalized spacial score (nSPS) is 48.6. The fourth-order valence-corrected chi connectivity index (χ4v) is 7.98.